The zero-order valence-electron chi connectivity index (χ0n) is 13.1. The molecular weight excluding hydrogens is 282 g/mol. The van der Waals surface area contributed by atoms with Gasteiger partial charge in [-0.15, -0.1) is 11.8 Å². The van der Waals surface area contributed by atoms with Crippen molar-refractivity contribution in [3.8, 4) is 11.4 Å². The highest BCUT2D eigenvalue weighted by atomic mass is 32.2. The number of rotatable bonds is 7. The molecular formula is C16H23N3OS. The first-order valence-electron chi connectivity index (χ1n) is 7.43. The smallest absolute Gasteiger partial charge is 0.231 e. The Morgan fingerprint density at radius 1 is 1.24 bits per heavy atom. The van der Waals surface area contributed by atoms with E-state index in [1.165, 1.54) is 4.90 Å². The second kappa shape index (κ2) is 7.61. The third-order valence-corrected chi connectivity index (χ3v) is 4.56. The lowest BCUT2D eigenvalue weighted by atomic mass is 10.00. The first kappa shape index (κ1) is 16.0. The van der Waals surface area contributed by atoms with Gasteiger partial charge in [-0.05, 0) is 43.5 Å². The summed E-state index contributed by atoms with van der Waals surface area (Å²) in [5, 5.41) is 7.40. The second-order valence-corrected chi connectivity index (χ2v) is 6.34. The van der Waals surface area contributed by atoms with E-state index < -0.39 is 0 Å². The monoisotopic (exact) mass is 305 g/mol. The van der Waals surface area contributed by atoms with Crippen LogP contribution in [0.5, 0.6) is 0 Å². The number of aromatic nitrogens is 2. The Morgan fingerprint density at radius 3 is 2.52 bits per heavy atom. The number of hydrogen-bond acceptors (Lipinski definition) is 5. The summed E-state index contributed by atoms with van der Waals surface area (Å²) in [6.07, 6.45) is 1.03. The van der Waals surface area contributed by atoms with E-state index in [9.17, 15) is 0 Å². The first-order chi connectivity index (χ1) is 10.2. The maximum Gasteiger partial charge on any atom is 0.231 e. The summed E-state index contributed by atoms with van der Waals surface area (Å²) >= 11 is 1.83. The van der Waals surface area contributed by atoms with Gasteiger partial charge < -0.3 is 9.84 Å². The van der Waals surface area contributed by atoms with E-state index in [4.69, 9.17) is 4.52 Å². The summed E-state index contributed by atoms with van der Waals surface area (Å²) in [6.45, 7) is 6.42. The average Bonchev–Trinajstić information content (AvgIpc) is 2.99. The molecule has 5 heteroatoms. The molecule has 0 aliphatic heterocycles. The van der Waals surface area contributed by atoms with Crippen LogP contribution in [0.2, 0.25) is 0 Å². The van der Waals surface area contributed by atoms with E-state index in [1.807, 2.05) is 30.9 Å². The largest absolute Gasteiger partial charge is 0.339 e. The molecule has 1 N–H and O–H groups in total. The molecule has 1 aromatic heterocycles. The van der Waals surface area contributed by atoms with E-state index in [2.05, 4.69) is 48.4 Å². The van der Waals surface area contributed by atoms with Crippen LogP contribution >= 0.6 is 11.8 Å². The summed E-state index contributed by atoms with van der Waals surface area (Å²) in [5.41, 5.74) is 0.996. The van der Waals surface area contributed by atoms with Crippen molar-refractivity contribution in [2.24, 2.45) is 0 Å². The number of benzene rings is 1. The minimum Gasteiger partial charge on any atom is -0.339 e. The lowest BCUT2D eigenvalue weighted by Gasteiger charge is -2.18. The van der Waals surface area contributed by atoms with Gasteiger partial charge in [0.05, 0.1) is 5.92 Å². The van der Waals surface area contributed by atoms with Crippen molar-refractivity contribution >= 4 is 11.8 Å². The van der Waals surface area contributed by atoms with Gasteiger partial charge in [-0.3, -0.25) is 0 Å². The van der Waals surface area contributed by atoms with Gasteiger partial charge >= 0.3 is 0 Å². The molecule has 2 rings (SSSR count). The van der Waals surface area contributed by atoms with Crippen LogP contribution in [0, 0.1) is 0 Å². The summed E-state index contributed by atoms with van der Waals surface area (Å²) in [5.74, 6) is 2.64. The van der Waals surface area contributed by atoms with Gasteiger partial charge in [0, 0.05) is 16.5 Å². The Balaban J connectivity index is 2.15. The van der Waals surface area contributed by atoms with Gasteiger partial charge in [0.25, 0.3) is 0 Å². The summed E-state index contributed by atoms with van der Waals surface area (Å²) < 4.78 is 5.44. The summed E-state index contributed by atoms with van der Waals surface area (Å²) in [6, 6.07) is 8.65. The first-order valence-corrected chi connectivity index (χ1v) is 8.42. The fourth-order valence-electron chi connectivity index (χ4n) is 2.38. The highest BCUT2D eigenvalue weighted by Gasteiger charge is 2.21. The van der Waals surface area contributed by atoms with Gasteiger partial charge in [-0.2, -0.15) is 4.98 Å². The summed E-state index contributed by atoms with van der Waals surface area (Å²) in [4.78, 5) is 5.81. The van der Waals surface area contributed by atoms with Crippen LogP contribution in [0.15, 0.2) is 33.7 Å². The maximum atomic E-state index is 5.44. The molecule has 2 unspecified atom stereocenters. The van der Waals surface area contributed by atoms with Crippen LogP contribution < -0.4 is 5.32 Å². The number of nitrogens with one attached hydrogen (secondary N) is 1. The van der Waals surface area contributed by atoms with Crippen LogP contribution in [0.3, 0.4) is 0 Å². The van der Waals surface area contributed by atoms with Gasteiger partial charge in [0.15, 0.2) is 0 Å². The Labute approximate surface area is 130 Å². The van der Waals surface area contributed by atoms with Gasteiger partial charge in [-0.1, -0.05) is 25.9 Å². The SMILES string of the molecule is CCSc1ccc(-c2noc(C(C)C(CC)NC)n2)cc1. The lowest BCUT2D eigenvalue weighted by Crippen LogP contribution is -2.30. The standard InChI is InChI=1S/C16H23N3OS/c1-5-14(17-4)11(3)16-18-15(19-20-16)12-7-9-13(10-8-12)21-6-2/h7-11,14,17H,5-6H2,1-4H3. The topological polar surface area (TPSA) is 51.0 Å². The van der Waals surface area contributed by atoms with Crippen molar-refractivity contribution in [1.29, 1.82) is 0 Å². The Kier molecular flexibility index (Phi) is 5.82. The van der Waals surface area contributed by atoms with Crippen LogP contribution in [-0.2, 0) is 0 Å². The molecule has 0 amide bonds. The lowest BCUT2D eigenvalue weighted by molar-refractivity contribution is 0.326. The molecule has 0 saturated carbocycles. The molecule has 114 valence electrons. The molecule has 21 heavy (non-hydrogen) atoms. The molecule has 0 aliphatic carbocycles. The quantitative estimate of drug-likeness (QED) is 0.785. The zero-order valence-corrected chi connectivity index (χ0v) is 13.9. The maximum absolute atomic E-state index is 5.44. The van der Waals surface area contributed by atoms with Crippen molar-refractivity contribution < 1.29 is 4.52 Å². The van der Waals surface area contributed by atoms with Gasteiger partial charge in [0.2, 0.25) is 11.7 Å². The normalized spacial score (nSPS) is 14.1. The molecule has 1 aromatic carbocycles. The molecule has 0 radical (unpaired) electrons. The van der Waals surface area contributed by atoms with Crippen LogP contribution in [0.25, 0.3) is 11.4 Å². The van der Waals surface area contributed by atoms with E-state index in [0.29, 0.717) is 17.8 Å². The van der Waals surface area contributed by atoms with Crippen molar-refractivity contribution in [3.05, 3.63) is 30.2 Å². The molecule has 4 nitrogen and oxygen atoms in total. The fourth-order valence-corrected chi connectivity index (χ4v) is 3.05. The second-order valence-electron chi connectivity index (χ2n) is 5.01. The van der Waals surface area contributed by atoms with E-state index in [-0.39, 0.29) is 5.92 Å². The minimum absolute atomic E-state index is 0.205. The third-order valence-electron chi connectivity index (χ3n) is 3.67. The Bertz CT molecular complexity index is 549. The highest BCUT2D eigenvalue weighted by Crippen LogP contribution is 2.25. The predicted molar refractivity (Wildman–Crippen MR) is 87.7 cm³/mol. The number of thioether (sulfide) groups is 1. The molecule has 0 saturated heterocycles. The predicted octanol–water partition coefficient (Wildman–Crippen LogP) is 3.95. The summed E-state index contributed by atoms with van der Waals surface area (Å²) in [7, 11) is 1.96. The van der Waals surface area contributed by atoms with Crippen LogP contribution in [0.1, 0.15) is 39.0 Å². The number of nitrogens with zero attached hydrogens (tertiary/aromatic N) is 2. The zero-order chi connectivity index (χ0) is 15.2. The molecule has 2 aromatic rings. The van der Waals surface area contributed by atoms with Crippen molar-refractivity contribution in [1.82, 2.24) is 15.5 Å². The van der Waals surface area contributed by atoms with Crippen molar-refractivity contribution in [2.75, 3.05) is 12.8 Å². The molecule has 0 spiro atoms. The minimum atomic E-state index is 0.205. The fraction of sp³-hybridized carbons (Fsp3) is 0.500. The molecule has 0 bridgehead atoms. The van der Waals surface area contributed by atoms with Crippen LogP contribution in [0.4, 0.5) is 0 Å². The van der Waals surface area contributed by atoms with Crippen molar-refractivity contribution in [3.63, 3.8) is 0 Å². The van der Waals surface area contributed by atoms with E-state index >= 15 is 0 Å². The molecule has 0 fully saturated rings. The van der Waals surface area contributed by atoms with E-state index in [0.717, 1.165) is 17.7 Å². The Hall–Kier alpha value is -1.33. The van der Waals surface area contributed by atoms with Crippen LogP contribution in [-0.4, -0.2) is 29.0 Å². The number of likely N-dealkylation sites (N-methyl/N-ethyl adjacent to an activating group) is 1. The Morgan fingerprint density at radius 2 is 1.95 bits per heavy atom. The van der Waals surface area contributed by atoms with Gasteiger partial charge in [0.1, 0.15) is 0 Å². The molecule has 1 heterocycles. The molecule has 0 aliphatic rings. The molecule has 2 atom stereocenters. The average molecular weight is 305 g/mol. The van der Waals surface area contributed by atoms with E-state index in [1.54, 1.807) is 0 Å². The highest BCUT2D eigenvalue weighted by molar-refractivity contribution is 7.99. The third kappa shape index (κ3) is 3.86. The van der Waals surface area contributed by atoms with Gasteiger partial charge in [-0.25, -0.2) is 0 Å². The van der Waals surface area contributed by atoms with Crippen molar-refractivity contribution in [2.45, 2.75) is 44.0 Å². The number of hydrogen-bond donors (Lipinski definition) is 1.